The Morgan fingerprint density at radius 3 is 2.69 bits per heavy atom. The van der Waals surface area contributed by atoms with Gasteiger partial charge in [0.1, 0.15) is 11.5 Å². The van der Waals surface area contributed by atoms with Crippen molar-refractivity contribution in [2.75, 3.05) is 20.2 Å². The summed E-state index contributed by atoms with van der Waals surface area (Å²) in [4.78, 5) is 23.1. The van der Waals surface area contributed by atoms with Crippen LogP contribution < -0.4 is 4.74 Å². The Hall–Kier alpha value is -3.15. The number of methoxy groups -OCH3 is 1. The third-order valence-corrected chi connectivity index (χ3v) is 5.66. The highest BCUT2D eigenvalue weighted by Crippen LogP contribution is 2.35. The molecule has 6 nitrogen and oxygen atoms in total. The third kappa shape index (κ3) is 4.16. The maximum absolute atomic E-state index is 12.7. The van der Waals surface area contributed by atoms with Crippen LogP contribution in [0, 0.1) is 0 Å². The summed E-state index contributed by atoms with van der Waals surface area (Å²) in [5, 5.41) is 0. The van der Waals surface area contributed by atoms with E-state index in [0.717, 1.165) is 35.8 Å². The van der Waals surface area contributed by atoms with Gasteiger partial charge in [-0.3, -0.25) is 9.78 Å². The van der Waals surface area contributed by atoms with Crippen molar-refractivity contribution >= 4 is 5.91 Å². The van der Waals surface area contributed by atoms with Crippen molar-refractivity contribution in [1.29, 1.82) is 0 Å². The first kappa shape index (κ1) is 19.2. The molecule has 0 atom stereocenters. The van der Waals surface area contributed by atoms with Crippen molar-refractivity contribution in [3.05, 3.63) is 77.8 Å². The summed E-state index contributed by atoms with van der Waals surface area (Å²) in [7, 11) is 1.66. The maximum Gasteiger partial charge on any atom is 0.253 e. The number of carbonyl (C=O) groups is 1. The lowest BCUT2D eigenvalue weighted by atomic mass is 9.80. The first-order valence-electron chi connectivity index (χ1n) is 9.85. The lowest BCUT2D eigenvalue weighted by Gasteiger charge is -2.37. The summed E-state index contributed by atoms with van der Waals surface area (Å²) in [6, 6.07) is 11.5. The predicted octanol–water partition coefficient (Wildman–Crippen LogP) is 3.86. The number of rotatable bonds is 5. The van der Waals surface area contributed by atoms with Gasteiger partial charge in [-0.25, -0.2) is 4.98 Å². The second kappa shape index (κ2) is 8.07. The molecule has 150 valence electrons. The number of piperidine rings is 1. The molecule has 1 saturated heterocycles. The second-order valence-corrected chi connectivity index (χ2v) is 7.75. The highest BCUT2D eigenvalue weighted by atomic mass is 16.5. The van der Waals surface area contributed by atoms with E-state index in [1.165, 1.54) is 0 Å². The molecular weight excluding hydrogens is 366 g/mol. The highest BCUT2D eigenvalue weighted by molar-refractivity contribution is 5.94. The fraction of sp³-hybridized carbons (Fsp3) is 0.348. The van der Waals surface area contributed by atoms with Crippen molar-refractivity contribution < 1.29 is 13.9 Å². The maximum atomic E-state index is 12.7. The van der Waals surface area contributed by atoms with Gasteiger partial charge in [-0.2, -0.15) is 0 Å². The van der Waals surface area contributed by atoms with Gasteiger partial charge in [0.25, 0.3) is 5.91 Å². The molecule has 0 saturated carbocycles. The first-order valence-corrected chi connectivity index (χ1v) is 9.85. The number of carbonyl (C=O) groups excluding carboxylic acids is 1. The molecule has 0 N–H and O–H groups in total. The Morgan fingerprint density at radius 1 is 1.21 bits per heavy atom. The molecule has 3 heterocycles. The zero-order chi connectivity index (χ0) is 20.3. The van der Waals surface area contributed by atoms with Gasteiger partial charge < -0.3 is 14.1 Å². The number of benzene rings is 1. The van der Waals surface area contributed by atoms with Crippen LogP contribution in [0.4, 0.5) is 0 Å². The lowest BCUT2D eigenvalue weighted by molar-refractivity contribution is 0.0657. The quantitative estimate of drug-likeness (QED) is 0.661. The molecule has 3 aromatic rings. The monoisotopic (exact) mass is 391 g/mol. The van der Waals surface area contributed by atoms with Crippen LogP contribution >= 0.6 is 0 Å². The average molecular weight is 391 g/mol. The summed E-state index contributed by atoms with van der Waals surface area (Å²) in [6.07, 6.45) is 7.43. The molecule has 1 fully saturated rings. The van der Waals surface area contributed by atoms with Crippen LogP contribution in [0.2, 0.25) is 0 Å². The SMILES string of the molecule is COc1cccc(Cc2cnc(C3(C)CCN(C(=O)c4ccncc4)CC3)o2)c1. The van der Waals surface area contributed by atoms with E-state index in [2.05, 4.69) is 23.0 Å². The summed E-state index contributed by atoms with van der Waals surface area (Å²) < 4.78 is 11.4. The molecule has 0 bridgehead atoms. The Labute approximate surface area is 170 Å². The smallest absolute Gasteiger partial charge is 0.253 e. The fourth-order valence-electron chi connectivity index (χ4n) is 3.75. The van der Waals surface area contributed by atoms with Gasteiger partial charge >= 0.3 is 0 Å². The van der Waals surface area contributed by atoms with Crippen LogP contribution in [0.5, 0.6) is 5.75 Å². The average Bonchev–Trinajstić information content (AvgIpc) is 3.24. The van der Waals surface area contributed by atoms with Crippen molar-refractivity contribution in [2.45, 2.75) is 31.6 Å². The number of amides is 1. The number of likely N-dealkylation sites (tertiary alicyclic amines) is 1. The molecule has 0 radical (unpaired) electrons. The van der Waals surface area contributed by atoms with Crippen molar-refractivity contribution in [2.24, 2.45) is 0 Å². The van der Waals surface area contributed by atoms with Crippen molar-refractivity contribution in [3.8, 4) is 5.75 Å². The number of aromatic nitrogens is 2. The number of nitrogens with zero attached hydrogens (tertiary/aromatic N) is 3. The molecule has 1 aliphatic rings. The van der Waals surface area contributed by atoms with E-state index < -0.39 is 0 Å². The van der Waals surface area contributed by atoms with E-state index in [4.69, 9.17) is 9.15 Å². The van der Waals surface area contributed by atoms with Gasteiger partial charge in [0.15, 0.2) is 5.89 Å². The van der Waals surface area contributed by atoms with Crippen molar-refractivity contribution in [1.82, 2.24) is 14.9 Å². The third-order valence-electron chi connectivity index (χ3n) is 5.66. The summed E-state index contributed by atoms with van der Waals surface area (Å²) >= 11 is 0. The minimum Gasteiger partial charge on any atom is -0.497 e. The molecule has 29 heavy (non-hydrogen) atoms. The van der Waals surface area contributed by atoms with Gasteiger partial charge in [0.05, 0.1) is 13.3 Å². The number of ether oxygens (including phenoxy) is 1. The zero-order valence-electron chi connectivity index (χ0n) is 16.8. The predicted molar refractivity (Wildman–Crippen MR) is 109 cm³/mol. The molecule has 4 rings (SSSR count). The summed E-state index contributed by atoms with van der Waals surface area (Å²) in [5.41, 5.74) is 1.64. The minimum atomic E-state index is -0.165. The van der Waals surface area contributed by atoms with Gasteiger partial charge in [0.2, 0.25) is 0 Å². The standard InChI is InChI=1S/C23H25N3O3/c1-23(8-12-26(13-9-23)21(27)18-6-10-24-11-7-18)22-25-16-20(29-22)15-17-4-3-5-19(14-17)28-2/h3-7,10-11,14,16H,8-9,12-13,15H2,1-2H3. The first-order chi connectivity index (χ1) is 14.1. The van der Waals surface area contributed by atoms with Crippen LogP contribution in [-0.4, -0.2) is 41.0 Å². The van der Waals surface area contributed by atoms with Crippen LogP contribution in [0.25, 0.3) is 0 Å². The van der Waals surface area contributed by atoms with E-state index >= 15 is 0 Å². The van der Waals surface area contributed by atoms with Gasteiger partial charge in [-0.15, -0.1) is 0 Å². The number of hydrogen-bond donors (Lipinski definition) is 0. The molecule has 0 aliphatic carbocycles. The van der Waals surface area contributed by atoms with E-state index in [0.29, 0.717) is 25.1 Å². The summed E-state index contributed by atoms with van der Waals surface area (Å²) in [5.74, 6) is 2.48. The van der Waals surface area contributed by atoms with Crippen LogP contribution in [0.15, 0.2) is 59.4 Å². The van der Waals surface area contributed by atoms with Crippen molar-refractivity contribution in [3.63, 3.8) is 0 Å². The van der Waals surface area contributed by atoms with Crippen LogP contribution in [-0.2, 0) is 11.8 Å². The molecule has 1 aliphatic heterocycles. The molecule has 0 unspecified atom stereocenters. The van der Waals surface area contributed by atoms with Gasteiger partial charge in [-0.1, -0.05) is 19.1 Å². The second-order valence-electron chi connectivity index (χ2n) is 7.75. The van der Waals surface area contributed by atoms with Crippen LogP contribution in [0.3, 0.4) is 0 Å². The number of hydrogen-bond acceptors (Lipinski definition) is 5. The van der Waals surface area contributed by atoms with Gasteiger partial charge in [-0.05, 0) is 42.7 Å². The Morgan fingerprint density at radius 2 is 1.97 bits per heavy atom. The number of pyridine rings is 1. The number of oxazole rings is 1. The molecule has 1 amide bonds. The van der Waals surface area contributed by atoms with E-state index in [-0.39, 0.29) is 11.3 Å². The highest BCUT2D eigenvalue weighted by Gasteiger charge is 2.37. The van der Waals surface area contributed by atoms with E-state index in [9.17, 15) is 4.79 Å². The normalized spacial score (nSPS) is 15.9. The Kier molecular flexibility index (Phi) is 5.34. The topological polar surface area (TPSA) is 68.5 Å². The minimum absolute atomic E-state index is 0.0561. The van der Waals surface area contributed by atoms with Crippen LogP contribution in [0.1, 0.15) is 47.3 Å². The summed E-state index contributed by atoms with van der Waals surface area (Å²) in [6.45, 7) is 3.54. The fourth-order valence-corrected chi connectivity index (χ4v) is 3.75. The largest absolute Gasteiger partial charge is 0.497 e. The Balaban J connectivity index is 1.41. The molecule has 1 aromatic carbocycles. The van der Waals surface area contributed by atoms with E-state index in [1.54, 1.807) is 31.6 Å². The van der Waals surface area contributed by atoms with E-state index in [1.807, 2.05) is 29.3 Å². The zero-order valence-corrected chi connectivity index (χ0v) is 16.8. The Bertz CT molecular complexity index is 976. The lowest BCUT2D eigenvalue weighted by Crippen LogP contribution is -2.44. The molecular formula is C23H25N3O3. The van der Waals surface area contributed by atoms with Gasteiger partial charge in [0, 0.05) is 42.9 Å². The molecule has 6 heteroatoms. The molecule has 0 spiro atoms. The molecule has 2 aromatic heterocycles.